The number of rotatable bonds is 4. The van der Waals surface area contributed by atoms with Gasteiger partial charge in [0.2, 0.25) is 5.91 Å². The fourth-order valence-electron chi connectivity index (χ4n) is 1.04. The Labute approximate surface area is 95.2 Å². The number of non-ortho nitro benzene ring substituents is 1. The molecule has 0 spiro atoms. The van der Waals surface area contributed by atoms with E-state index in [4.69, 9.17) is 0 Å². The third-order valence-electron chi connectivity index (χ3n) is 1.71. The van der Waals surface area contributed by atoms with Gasteiger partial charge in [0.25, 0.3) is 5.69 Å². The van der Waals surface area contributed by atoms with E-state index in [-0.39, 0.29) is 17.1 Å². The standard InChI is InChI=1S/C9H9FN2O3S/c1-16-5-9(13)11-8-4-6(12(14)15)2-3-7(8)10/h2-4H,5H2,1H3,(H,11,13). The second kappa shape index (κ2) is 5.45. The van der Waals surface area contributed by atoms with E-state index in [0.717, 1.165) is 18.2 Å². The molecule has 7 heteroatoms. The predicted octanol–water partition coefficient (Wildman–Crippen LogP) is 2.04. The van der Waals surface area contributed by atoms with Crippen molar-refractivity contribution in [3.8, 4) is 0 Å². The monoisotopic (exact) mass is 244 g/mol. The molecule has 1 N–H and O–H groups in total. The number of benzene rings is 1. The van der Waals surface area contributed by atoms with Gasteiger partial charge in [0.1, 0.15) is 5.82 Å². The molecule has 0 aromatic heterocycles. The van der Waals surface area contributed by atoms with Crippen LogP contribution in [0.1, 0.15) is 0 Å². The summed E-state index contributed by atoms with van der Waals surface area (Å²) in [6.07, 6.45) is 1.73. The molecule has 0 atom stereocenters. The van der Waals surface area contributed by atoms with Crippen molar-refractivity contribution in [2.24, 2.45) is 0 Å². The van der Waals surface area contributed by atoms with Crippen molar-refractivity contribution in [1.29, 1.82) is 0 Å². The number of nitrogens with zero attached hydrogens (tertiary/aromatic N) is 1. The Bertz CT molecular complexity index is 425. The number of thioether (sulfide) groups is 1. The fourth-order valence-corrected chi connectivity index (χ4v) is 1.37. The van der Waals surface area contributed by atoms with Crippen LogP contribution in [0.15, 0.2) is 18.2 Å². The van der Waals surface area contributed by atoms with Crippen LogP contribution in [0.2, 0.25) is 0 Å². The molecular weight excluding hydrogens is 235 g/mol. The van der Waals surface area contributed by atoms with E-state index in [1.165, 1.54) is 11.8 Å². The minimum Gasteiger partial charge on any atom is -0.323 e. The normalized spacial score (nSPS) is 9.88. The molecular formula is C9H9FN2O3S. The zero-order valence-corrected chi connectivity index (χ0v) is 9.21. The number of hydrogen-bond donors (Lipinski definition) is 1. The largest absolute Gasteiger partial charge is 0.323 e. The van der Waals surface area contributed by atoms with Gasteiger partial charge in [0, 0.05) is 12.1 Å². The van der Waals surface area contributed by atoms with Gasteiger partial charge in [0.15, 0.2) is 0 Å². The summed E-state index contributed by atoms with van der Waals surface area (Å²) in [5.41, 5.74) is -0.436. The van der Waals surface area contributed by atoms with E-state index in [1.54, 1.807) is 6.26 Å². The summed E-state index contributed by atoms with van der Waals surface area (Å²) in [6.45, 7) is 0. The molecule has 0 radical (unpaired) electrons. The summed E-state index contributed by atoms with van der Waals surface area (Å²) in [5.74, 6) is -0.922. The summed E-state index contributed by atoms with van der Waals surface area (Å²) in [7, 11) is 0. The van der Waals surface area contributed by atoms with Gasteiger partial charge < -0.3 is 5.32 Å². The first-order chi connectivity index (χ1) is 7.54. The molecule has 86 valence electrons. The number of halogens is 1. The lowest BCUT2D eigenvalue weighted by molar-refractivity contribution is -0.384. The minimum absolute atomic E-state index is 0.169. The highest BCUT2D eigenvalue weighted by Gasteiger charge is 2.12. The Balaban J connectivity index is 2.90. The SMILES string of the molecule is CSCC(=O)Nc1cc([N+](=O)[O-])ccc1F. The molecule has 0 aliphatic heterocycles. The number of nitro benzene ring substituents is 1. The molecule has 1 aromatic rings. The first kappa shape index (κ1) is 12.4. The van der Waals surface area contributed by atoms with Gasteiger partial charge >= 0.3 is 0 Å². The van der Waals surface area contributed by atoms with Gasteiger partial charge in [-0.05, 0) is 12.3 Å². The number of hydrogen-bond acceptors (Lipinski definition) is 4. The summed E-state index contributed by atoms with van der Waals surface area (Å²) in [4.78, 5) is 21.0. The predicted molar refractivity (Wildman–Crippen MR) is 60.1 cm³/mol. The minimum atomic E-state index is -0.694. The van der Waals surface area contributed by atoms with Crippen molar-refractivity contribution in [2.45, 2.75) is 0 Å². The maximum absolute atomic E-state index is 13.2. The van der Waals surface area contributed by atoms with E-state index in [0.29, 0.717) is 0 Å². The van der Waals surface area contributed by atoms with Crippen molar-refractivity contribution >= 4 is 29.0 Å². The quantitative estimate of drug-likeness (QED) is 0.649. The van der Waals surface area contributed by atoms with E-state index in [2.05, 4.69) is 5.32 Å². The van der Waals surface area contributed by atoms with Crippen molar-refractivity contribution in [2.75, 3.05) is 17.3 Å². The zero-order chi connectivity index (χ0) is 12.1. The molecule has 0 heterocycles. The lowest BCUT2D eigenvalue weighted by atomic mass is 10.2. The Morgan fingerprint density at radius 2 is 2.31 bits per heavy atom. The lowest BCUT2D eigenvalue weighted by Crippen LogP contribution is -2.14. The molecule has 0 bridgehead atoms. The van der Waals surface area contributed by atoms with Gasteiger partial charge in [-0.3, -0.25) is 14.9 Å². The third kappa shape index (κ3) is 3.20. The Kier molecular flexibility index (Phi) is 4.24. The van der Waals surface area contributed by atoms with Gasteiger partial charge in [0.05, 0.1) is 16.4 Å². The average Bonchev–Trinajstić information content (AvgIpc) is 2.21. The van der Waals surface area contributed by atoms with E-state index >= 15 is 0 Å². The maximum atomic E-state index is 13.2. The lowest BCUT2D eigenvalue weighted by Gasteiger charge is -2.04. The summed E-state index contributed by atoms with van der Waals surface area (Å²) >= 11 is 1.28. The highest BCUT2D eigenvalue weighted by atomic mass is 32.2. The molecule has 0 aliphatic rings. The molecule has 1 rings (SSSR count). The van der Waals surface area contributed by atoms with E-state index in [1.807, 2.05) is 0 Å². The van der Waals surface area contributed by atoms with Gasteiger partial charge in [-0.1, -0.05) is 0 Å². The smallest absolute Gasteiger partial charge is 0.271 e. The first-order valence-corrected chi connectivity index (χ1v) is 5.66. The number of nitro groups is 1. The Hall–Kier alpha value is -1.63. The van der Waals surface area contributed by atoms with Crippen LogP contribution >= 0.6 is 11.8 Å². The second-order valence-corrected chi connectivity index (χ2v) is 3.77. The molecule has 16 heavy (non-hydrogen) atoms. The zero-order valence-electron chi connectivity index (χ0n) is 8.40. The third-order valence-corrected chi connectivity index (χ3v) is 2.26. The molecule has 1 amide bonds. The number of amides is 1. The van der Waals surface area contributed by atoms with Gasteiger partial charge in [-0.2, -0.15) is 11.8 Å². The summed E-state index contributed by atoms with van der Waals surface area (Å²) < 4.78 is 13.2. The Morgan fingerprint density at radius 1 is 1.62 bits per heavy atom. The highest BCUT2D eigenvalue weighted by molar-refractivity contribution is 7.99. The van der Waals surface area contributed by atoms with Crippen molar-refractivity contribution in [3.05, 3.63) is 34.1 Å². The topological polar surface area (TPSA) is 72.2 Å². The molecule has 0 saturated carbocycles. The first-order valence-electron chi connectivity index (χ1n) is 4.27. The van der Waals surface area contributed by atoms with E-state index in [9.17, 15) is 19.3 Å². The summed E-state index contributed by atoms with van der Waals surface area (Å²) in [6, 6.07) is 2.99. The van der Waals surface area contributed by atoms with Crippen LogP contribution in [0.4, 0.5) is 15.8 Å². The van der Waals surface area contributed by atoms with Crippen LogP contribution in [0.5, 0.6) is 0 Å². The number of nitrogens with one attached hydrogen (secondary N) is 1. The number of anilines is 1. The van der Waals surface area contributed by atoms with E-state index < -0.39 is 16.6 Å². The van der Waals surface area contributed by atoms with Crippen LogP contribution in [0.25, 0.3) is 0 Å². The van der Waals surface area contributed by atoms with Crippen molar-refractivity contribution < 1.29 is 14.1 Å². The molecule has 0 saturated heterocycles. The van der Waals surface area contributed by atoms with Crippen LogP contribution in [0, 0.1) is 15.9 Å². The summed E-state index contributed by atoms with van der Waals surface area (Å²) in [5, 5.41) is 12.7. The van der Waals surface area contributed by atoms with Crippen LogP contribution in [-0.4, -0.2) is 22.8 Å². The number of carbonyl (C=O) groups excluding carboxylic acids is 1. The van der Waals surface area contributed by atoms with Crippen LogP contribution in [-0.2, 0) is 4.79 Å². The van der Waals surface area contributed by atoms with Gasteiger partial charge in [-0.15, -0.1) is 0 Å². The van der Waals surface area contributed by atoms with Crippen molar-refractivity contribution in [1.82, 2.24) is 0 Å². The maximum Gasteiger partial charge on any atom is 0.271 e. The van der Waals surface area contributed by atoms with Gasteiger partial charge in [-0.25, -0.2) is 4.39 Å². The Morgan fingerprint density at radius 3 is 2.88 bits per heavy atom. The van der Waals surface area contributed by atoms with Crippen molar-refractivity contribution in [3.63, 3.8) is 0 Å². The van der Waals surface area contributed by atoms with Crippen LogP contribution < -0.4 is 5.32 Å². The molecule has 1 aromatic carbocycles. The molecule has 0 fully saturated rings. The number of carbonyl (C=O) groups is 1. The molecule has 0 unspecified atom stereocenters. The average molecular weight is 244 g/mol. The fraction of sp³-hybridized carbons (Fsp3) is 0.222. The highest BCUT2D eigenvalue weighted by Crippen LogP contribution is 2.21. The second-order valence-electron chi connectivity index (χ2n) is 2.90. The van der Waals surface area contributed by atoms with Crippen LogP contribution in [0.3, 0.4) is 0 Å². The molecule has 5 nitrogen and oxygen atoms in total. The molecule has 0 aliphatic carbocycles.